The lowest BCUT2D eigenvalue weighted by molar-refractivity contribution is -0.124. The second-order valence-corrected chi connectivity index (χ2v) is 9.28. The van der Waals surface area contributed by atoms with E-state index >= 15 is 0 Å². The number of unbranched alkanes of at least 4 members (excludes halogenated alkanes) is 10. The number of carbonyl (C=O) groups is 1. The fraction of sp³-hybridized carbons (Fsp3) is 0.759. The molecule has 0 heterocycles. The Labute approximate surface area is 209 Å². The van der Waals surface area contributed by atoms with Gasteiger partial charge in [-0.1, -0.05) is 95.2 Å². The molecule has 0 spiro atoms. The summed E-state index contributed by atoms with van der Waals surface area (Å²) in [6.07, 6.45) is 27.0. The van der Waals surface area contributed by atoms with Crippen molar-refractivity contribution in [2.75, 3.05) is 6.61 Å². The molecule has 5 nitrogen and oxygen atoms in total. The molecule has 4 N–H and O–H groups in total. The van der Waals surface area contributed by atoms with Crippen molar-refractivity contribution in [3.63, 3.8) is 0 Å². The second-order valence-electron chi connectivity index (χ2n) is 9.28. The van der Waals surface area contributed by atoms with E-state index in [0.29, 0.717) is 6.42 Å². The first-order valence-corrected chi connectivity index (χ1v) is 13.8. The highest BCUT2D eigenvalue weighted by Crippen LogP contribution is 2.09. The summed E-state index contributed by atoms with van der Waals surface area (Å²) in [4.78, 5) is 12.2. The molecule has 0 aliphatic rings. The van der Waals surface area contributed by atoms with Crippen LogP contribution in [0.15, 0.2) is 36.5 Å². The molecule has 1 amide bonds. The first-order chi connectivity index (χ1) is 16.5. The fourth-order valence-electron chi connectivity index (χ4n) is 3.68. The van der Waals surface area contributed by atoms with Crippen molar-refractivity contribution in [2.45, 2.75) is 135 Å². The molecule has 0 aromatic carbocycles. The highest BCUT2D eigenvalue weighted by molar-refractivity contribution is 5.76. The minimum absolute atomic E-state index is 0.0114. The molecule has 0 aliphatic heterocycles. The Bertz CT molecular complexity index is 544. The van der Waals surface area contributed by atoms with Crippen LogP contribution in [0.25, 0.3) is 0 Å². The molecule has 0 bridgehead atoms. The Morgan fingerprint density at radius 1 is 0.735 bits per heavy atom. The van der Waals surface area contributed by atoms with Gasteiger partial charge in [-0.3, -0.25) is 4.79 Å². The first-order valence-electron chi connectivity index (χ1n) is 13.8. The average molecular weight is 480 g/mol. The summed E-state index contributed by atoms with van der Waals surface area (Å²) in [5.74, 6) is -0.347. The third-order valence-electron chi connectivity index (χ3n) is 5.90. The lowest BCUT2D eigenvalue weighted by Gasteiger charge is -2.20. The average Bonchev–Trinajstić information content (AvgIpc) is 2.82. The van der Waals surface area contributed by atoms with Gasteiger partial charge in [0.15, 0.2) is 0 Å². The van der Waals surface area contributed by atoms with Crippen LogP contribution in [0.4, 0.5) is 0 Å². The zero-order valence-electron chi connectivity index (χ0n) is 22.0. The van der Waals surface area contributed by atoms with Crippen molar-refractivity contribution in [1.29, 1.82) is 0 Å². The number of rotatable bonds is 23. The van der Waals surface area contributed by atoms with Crippen molar-refractivity contribution >= 4 is 5.91 Å². The molecule has 198 valence electrons. The van der Waals surface area contributed by atoms with Crippen LogP contribution in [0.3, 0.4) is 0 Å². The van der Waals surface area contributed by atoms with Gasteiger partial charge in [-0.25, -0.2) is 0 Å². The number of aliphatic hydroxyl groups is 3. The van der Waals surface area contributed by atoms with Crippen LogP contribution in [0.2, 0.25) is 0 Å². The first kappa shape index (κ1) is 32.6. The molecule has 3 unspecified atom stereocenters. The largest absolute Gasteiger partial charge is 0.394 e. The minimum Gasteiger partial charge on any atom is -0.394 e. The molecule has 34 heavy (non-hydrogen) atoms. The zero-order valence-corrected chi connectivity index (χ0v) is 22.0. The number of aliphatic hydroxyl groups excluding tert-OH is 3. The highest BCUT2D eigenvalue weighted by Gasteiger charge is 2.19. The van der Waals surface area contributed by atoms with Crippen molar-refractivity contribution in [3.05, 3.63) is 36.5 Å². The molecule has 0 rings (SSSR count). The van der Waals surface area contributed by atoms with Crippen LogP contribution in [-0.2, 0) is 4.79 Å². The van der Waals surface area contributed by atoms with E-state index in [-0.39, 0.29) is 18.9 Å². The van der Waals surface area contributed by atoms with E-state index in [9.17, 15) is 20.1 Å². The summed E-state index contributed by atoms with van der Waals surface area (Å²) in [7, 11) is 0. The van der Waals surface area contributed by atoms with Gasteiger partial charge >= 0.3 is 0 Å². The van der Waals surface area contributed by atoms with E-state index < -0.39 is 18.2 Å². The Balaban J connectivity index is 3.98. The Kier molecular flexibility index (Phi) is 23.6. The molecular weight excluding hydrogens is 426 g/mol. The fourth-order valence-corrected chi connectivity index (χ4v) is 3.68. The maximum absolute atomic E-state index is 12.2. The number of nitrogens with one attached hydrogen (secondary N) is 1. The summed E-state index contributed by atoms with van der Waals surface area (Å²) >= 11 is 0. The van der Waals surface area contributed by atoms with Crippen LogP contribution in [0, 0.1) is 0 Å². The van der Waals surface area contributed by atoms with E-state index in [1.165, 1.54) is 44.9 Å². The topological polar surface area (TPSA) is 89.8 Å². The predicted molar refractivity (Wildman–Crippen MR) is 144 cm³/mol. The standard InChI is InChI=1S/C29H53NO4/c1-3-5-7-9-11-13-14-15-17-19-21-23-28(33)27(25-31)30-29(34)24-26(32)22-20-18-16-12-10-8-6-4-2/h10,12,14-15,21,23,26-28,31-33H,3-9,11,13,16-20,22,24-25H2,1-2H3,(H,30,34)/b12-10-,15-14+,23-21+. The van der Waals surface area contributed by atoms with Gasteiger partial charge in [-0.05, 0) is 51.4 Å². The highest BCUT2D eigenvalue weighted by atomic mass is 16.3. The van der Waals surface area contributed by atoms with Gasteiger partial charge in [-0.15, -0.1) is 0 Å². The van der Waals surface area contributed by atoms with Crippen LogP contribution in [0.1, 0.15) is 117 Å². The van der Waals surface area contributed by atoms with Gasteiger partial charge < -0.3 is 20.6 Å². The second kappa shape index (κ2) is 24.7. The molecule has 0 aromatic heterocycles. The summed E-state index contributed by atoms with van der Waals surface area (Å²) in [6, 6.07) is -0.761. The van der Waals surface area contributed by atoms with Crippen LogP contribution in [0.5, 0.6) is 0 Å². The van der Waals surface area contributed by atoms with Gasteiger partial charge in [0.2, 0.25) is 5.91 Å². The quantitative estimate of drug-likeness (QED) is 0.105. The summed E-state index contributed by atoms with van der Waals surface area (Å²) in [5.41, 5.74) is 0. The van der Waals surface area contributed by atoms with Crippen molar-refractivity contribution in [1.82, 2.24) is 5.32 Å². The van der Waals surface area contributed by atoms with Gasteiger partial charge in [0.1, 0.15) is 0 Å². The van der Waals surface area contributed by atoms with E-state index in [1.807, 2.05) is 6.08 Å². The number of carbonyl (C=O) groups excluding carboxylic acids is 1. The van der Waals surface area contributed by atoms with Crippen LogP contribution in [-0.4, -0.2) is 46.1 Å². The summed E-state index contributed by atoms with van der Waals surface area (Å²) < 4.78 is 0. The van der Waals surface area contributed by atoms with Crippen LogP contribution >= 0.6 is 0 Å². The Morgan fingerprint density at radius 2 is 1.29 bits per heavy atom. The van der Waals surface area contributed by atoms with Crippen molar-refractivity contribution < 1.29 is 20.1 Å². The maximum Gasteiger partial charge on any atom is 0.222 e. The molecule has 3 atom stereocenters. The minimum atomic E-state index is -0.951. The lowest BCUT2D eigenvalue weighted by Crippen LogP contribution is -2.45. The van der Waals surface area contributed by atoms with Gasteiger partial charge in [0, 0.05) is 0 Å². The Hall–Kier alpha value is -1.43. The maximum atomic E-state index is 12.2. The molecule has 0 aromatic rings. The predicted octanol–water partition coefficient (Wildman–Crippen LogP) is 6.14. The monoisotopic (exact) mass is 479 g/mol. The third-order valence-corrected chi connectivity index (χ3v) is 5.90. The molecule has 0 saturated carbocycles. The Morgan fingerprint density at radius 3 is 1.94 bits per heavy atom. The van der Waals surface area contributed by atoms with Crippen molar-refractivity contribution in [3.8, 4) is 0 Å². The number of amides is 1. The van der Waals surface area contributed by atoms with E-state index in [2.05, 4.69) is 43.5 Å². The normalized spacial score (nSPS) is 14.9. The lowest BCUT2D eigenvalue weighted by atomic mass is 10.1. The van der Waals surface area contributed by atoms with E-state index in [4.69, 9.17) is 0 Å². The molecule has 0 saturated heterocycles. The van der Waals surface area contributed by atoms with Gasteiger partial charge in [0.25, 0.3) is 0 Å². The molecule has 0 radical (unpaired) electrons. The molecule has 0 aliphatic carbocycles. The third kappa shape index (κ3) is 21.1. The molecule has 5 heteroatoms. The van der Waals surface area contributed by atoms with Gasteiger partial charge in [0.05, 0.1) is 31.3 Å². The number of hydrogen-bond donors (Lipinski definition) is 4. The summed E-state index contributed by atoms with van der Waals surface area (Å²) in [5, 5.41) is 32.6. The molecule has 0 fully saturated rings. The molecular formula is C29H53NO4. The summed E-state index contributed by atoms with van der Waals surface area (Å²) in [6.45, 7) is 4.06. The van der Waals surface area contributed by atoms with Crippen molar-refractivity contribution in [2.24, 2.45) is 0 Å². The smallest absolute Gasteiger partial charge is 0.222 e. The van der Waals surface area contributed by atoms with Crippen LogP contribution < -0.4 is 5.32 Å². The number of hydrogen-bond acceptors (Lipinski definition) is 4. The van der Waals surface area contributed by atoms with E-state index in [0.717, 1.165) is 44.9 Å². The SMILES string of the molecule is CCCC/C=C\CCCCC(O)CC(=O)NC(CO)C(O)/C=C/CC/C=C/CCCCCCC. The van der Waals surface area contributed by atoms with E-state index in [1.54, 1.807) is 6.08 Å². The van der Waals surface area contributed by atoms with Gasteiger partial charge in [-0.2, -0.15) is 0 Å². The number of allylic oxidation sites excluding steroid dienone is 5. The zero-order chi connectivity index (χ0) is 25.3.